The van der Waals surface area contributed by atoms with Crippen LogP contribution in [0.25, 0.3) is 11.3 Å². The molecule has 156 valence electrons. The number of benzene rings is 1. The molecule has 0 unspecified atom stereocenters. The van der Waals surface area contributed by atoms with E-state index in [0.29, 0.717) is 33.4 Å². The zero-order valence-corrected chi connectivity index (χ0v) is 17.6. The van der Waals surface area contributed by atoms with E-state index in [1.165, 1.54) is 31.6 Å². The second-order valence-electron chi connectivity index (χ2n) is 6.65. The van der Waals surface area contributed by atoms with E-state index in [2.05, 4.69) is 10.5 Å². The molecule has 4 rings (SSSR count). The summed E-state index contributed by atoms with van der Waals surface area (Å²) in [6, 6.07) is 6.80. The first-order valence-electron chi connectivity index (χ1n) is 9.29. The quantitative estimate of drug-likeness (QED) is 0.594. The Kier molecular flexibility index (Phi) is 5.45. The van der Waals surface area contributed by atoms with Crippen LogP contribution in [0.5, 0.6) is 11.5 Å². The minimum Gasteiger partial charge on any atom is -0.493 e. The lowest BCUT2D eigenvalue weighted by molar-refractivity contribution is 0.0601. The van der Waals surface area contributed by atoms with Crippen LogP contribution in [0.15, 0.2) is 28.8 Å². The number of rotatable bonds is 6. The highest BCUT2D eigenvalue weighted by Crippen LogP contribution is 2.40. The number of carbonyl (C=O) groups is 2. The van der Waals surface area contributed by atoms with E-state index in [-0.39, 0.29) is 5.69 Å². The first-order valence-corrected chi connectivity index (χ1v) is 10.1. The Morgan fingerprint density at radius 3 is 2.63 bits per heavy atom. The molecule has 1 amide bonds. The second kappa shape index (κ2) is 8.19. The lowest BCUT2D eigenvalue weighted by Gasteiger charge is -2.07. The highest BCUT2D eigenvalue weighted by molar-refractivity contribution is 7.17. The summed E-state index contributed by atoms with van der Waals surface area (Å²) in [5.74, 6) is 0.613. The van der Waals surface area contributed by atoms with E-state index >= 15 is 0 Å². The Labute approximate surface area is 176 Å². The van der Waals surface area contributed by atoms with E-state index in [1.807, 2.05) is 0 Å². The van der Waals surface area contributed by atoms with Crippen molar-refractivity contribution in [1.29, 1.82) is 0 Å². The zero-order valence-electron chi connectivity index (χ0n) is 16.7. The third kappa shape index (κ3) is 3.52. The van der Waals surface area contributed by atoms with Crippen LogP contribution in [-0.4, -0.2) is 38.4 Å². The zero-order chi connectivity index (χ0) is 21.3. The Morgan fingerprint density at radius 1 is 1.10 bits per heavy atom. The van der Waals surface area contributed by atoms with Crippen molar-refractivity contribution in [3.63, 3.8) is 0 Å². The van der Waals surface area contributed by atoms with Gasteiger partial charge in [0.15, 0.2) is 23.0 Å². The summed E-state index contributed by atoms with van der Waals surface area (Å²) in [7, 11) is 4.43. The number of aryl methyl sites for hydroxylation is 1. The fraction of sp³-hybridized carbons (Fsp3) is 0.286. The summed E-state index contributed by atoms with van der Waals surface area (Å²) in [5, 5.41) is 7.14. The number of anilines is 1. The Balaban J connectivity index is 1.58. The number of nitrogens with zero attached hydrogens (tertiary/aromatic N) is 1. The number of thiophene rings is 1. The lowest BCUT2D eigenvalue weighted by Crippen LogP contribution is -2.14. The Morgan fingerprint density at radius 2 is 1.90 bits per heavy atom. The fourth-order valence-electron chi connectivity index (χ4n) is 3.49. The highest BCUT2D eigenvalue weighted by atomic mass is 32.1. The summed E-state index contributed by atoms with van der Waals surface area (Å²) in [5.41, 5.74) is 2.19. The summed E-state index contributed by atoms with van der Waals surface area (Å²) in [6.45, 7) is 0. The van der Waals surface area contributed by atoms with Crippen LogP contribution in [0.3, 0.4) is 0 Å². The number of aromatic nitrogens is 1. The number of hydrogen-bond acceptors (Lipinski definition) is 8. The normalized spacial score (nSPS) is 12.4. The van der Waals surface area contributed by atoms with E-state index < -0.39 is 11.9 Å². The van der Waals surface area contributed by atoms with E-state index in [4.69, 9.17) is 18.7 Å². The first kappa shape index (κ1) is 20.0. The molecule has 0 fully saturated rings. The number of ether oxygens (including phenoxy) is 3. The predicted octanol–water partition coefficient (Wildman–Crippen LogP) is 3.95. The van der Waals surface area contributed by atoms with Gasteiger partial charge in [-0.05, 0) is 43.0 Å². The minimum absolute atomic E-state index is 0.101. The van der Waals surface area contributed by atoms with Crippen LogP contribution in [0, 0.1) is 0 Å². The molecule has 30 heavy (non-hydrogen) atoms. The smallest absolute Gasteiger partial charge is 0.341 e. The van der Waals surface area contributed by atoms with Gasteiger partial charge in [0, 0.05) is 16.5 Å². The number of nitrogens with one attached hydrogen (secondary N) is 1. The van der Waals surface area contributed by atoms with Gasteiger partial charge in [0.05, 0.1) is 26.9 Å². The molecule has 2 aromatic heterocycles. The summed E-state index contributed by atoms with van der Waals surface area (Å²) < 4.78 is 20.8. The van der Waals surface area contributed by atoms with Crippen molar-refractivity contribution in [3.8, 4) is 22.8 Å². The fourth-order valence-corrected chi connectivity index (χ4v) is 4.76. The van der Waals surface area contributed by atoms with Crippen LogP contribution in [0.1, 0.15) is 37.7 Å². The molecule has 0 saturated heterocycles. The number of amides is 1. The molecule has 0 saturated carbocycles. The van der Waals surface area contributed by atoms with E-state index in [0.717, 1.165) is 29.7 Å². The van der Waals surface area contributed by atoms with Gasteiger partial charge in [-0.1, -0.05) is 5.16 Å². The standard InChI is InChI=1S/C21H20N2O6S/c1-26-14-8-7-11(9-16(14)27-2)15-10-13(23-29-15)19(24)22-20-18(21(25)28-3)12-5-4-6-17(12)30-20/h7-10H,4-6H2,1-3H3,(H,22,24). The van der Waals surface area contributed by atoms with Gasteiger partial charge in [-0.25, -0.2) is 4.79 Å². The second-order valence-corrected chi connectivity index (χ2v) is 7.76. The number of fused-ring (bicyclic) bond motifs is 1. The topological polar surface area (TPSA) is 99.9 Å². The van der Waals surface area contributed by atoms with Crippen molar-refractivity contribution in [2.24, 2.45) is 0 Å². The number of methoxy groups -OCH3 is 3. The van der Waals surface area contributed by atoms with Gasteiger partial charge in [-0.3, -0.25) is 4.79 Å². The summed E-state index contributed by atoms with van der Waals surface area (Å²) >= 11 is 1.41. The average Bonchev–Trinajstić information content (AvgIpc) is 3.48. The molecule has 0 aliphatic heterocycles. The molecule has 1 aliphatic carbocycles. The lowest BCUT2D eigenvalue weighted by atomic mass is 10.1. The SMILES string of the molecule is COC(=O)c1c(NC(=O)c2cc(-c3ccc(OC)c(OC)c3)on2)sc2c1CCC2. The molecule has 1 aliphatic rings. The van der Waals surface area contributed by atoms with Crippen LogP contribution < -0.4 is 14.8 Å². The Bertz CT molecular complexity index is 1120. The third-order valence-electron chi connectivity index (χ3n) is 4.95. The van der Waals surface area contributed by atoms with Gasteiger partial charge >= 0.3 is 5.97 Å². The molecule has 1 N–H and O–H groups in total. The van der Waals surface area contributed by atoms with Crippen LogP contribution in [0.2, 0.25) is 0 Å². The van der Waals surface area contributed by atoms with Crippen molar-refractivity contribution >= 4 is 28.2 Å². The highest BCUT2D eigenvalue weighted by Gasteiger charge is 2.28. The maximum Gasteiger partial charge on any atom is 0.341 e. The van der Waals surface area contributed by atoms with Gasteiger partial charge in [-0.2, -0.15) is 0 Å². The number of carbonyl (C=O) groups excluding carboxylic acids is 2. The molecule has 0 atom stereocenters. The van der Waals surface area contributed by atoms with Crippen LogP contribution in [0.4, 0.5) is 5.00 Å². The largest absolute Gasteiger partial charge is 0.493 e. The molecule has 0 bridgehead atoms. The van der Waals surface area contributed by atoms with E-state index in [1.54, 1.807) is 25.3 Å². The van der Waals surface area contributed by atoms with Crippen molar-refractivity contribution in [2.75, 3.05) is 26.6 Å². The molecule has 9 heteroatoms. The number of esters is 1. The molecule has 8 nitrogen and oxygen atoms in total. The molecule has 3 aromatic rings. The predicted molar refractivity (Wildman–Crippen MR) is 111 cm³/mol. The van der Waals surface area contributed by atoms with Gasteiger partial charge in [0.25, 0.3) is 5.91 Å². The van der Waals surface area contributed by atoms with Crippen molar-refractivity contribution in [3.05, 3.63) is 46.0 Å². The molecule has 1 aromatic carbocycles. The monoisotopic (exact) mass is 428 g/mol. The maximum atomic E-state index is 12.7. The van der Waals surface area contributed by atoms with Gasteiger partial charge < -0.3 is 24.1 Å². The minimum atomic E-state index is -0.462. The van der Waals surface area contributed by atoms with Crippen molar-refractivity contribution < 1.29 is 28.3 Å². The van der Waals surface area contributed by atoms with Gasteiger partial charge in [-0.15, -0.1) is 11.3 Å². The van der Waals surface area contributed by atoms with E-state index in [9.17, 15) is 9.59 Å². The maximum absolute atomic E-state index is 12.7. The number of hydrogen-bond donors (Lipinski definition) is 1. The third-order valence-corrected chi connectivity index (χ3v) is 6.16. The Hall–Kier alpha value is -3.33. The first-order chi connectivity index (χ1) is 14.5. The van der Waals surface area contributed by atoms with Gasteiger partial charge in [0.2, 0.25) is 0 Å². The molecular formula is C21H20N2O6S. The van der Waals surface area contributed by atoms with Gasteiger partial charge in [0.1, 0.15) is 5.00 Å². The summed E-state index contributed by atoms with van der Waals surface area (Å²) in [4.78, 5) is 26.1. The molecule has 0 spiro atoms. The summed E-state index contributed by atoms with van der Waals surface area (Å²) in [6.07, 6.45) is 2.70. The molecule has 2 heterocycles. The molecule has 0 radical (unpaired) electrons. The average molecular weight is 428 g/mol. The molecular weight excluding hydrogens is 408 g/mol. The van der Waals surface area contributed by atoms with Crippen LogP contribution >= 0.6 is 11.3 Å². The van der Waals surface area contributed by atoms with Crippen LogP contribution in [-0.2, 0) is 17.6 Å². The van der Waals surface area contributed by atoms with Crippen molar-refractivity contribution in [2.45, 2.75) is 19.3 Å². The van der Waals surface area contributed by atoms with Crippen molar-refractivity contribution in [1.82, 2.24) is 5.16 Å².